The molecule has 2 heterocycles. The summed E-state index contributed by atoms with van der Waals surface area (Å²) >= 11 is 0. The Kier molecular flexibility index (Phi) is 10.0. The first-order valence-electron chi connectivity index (χ1n) is 24.4. The van der Waals surface area contributed by atoms with Crippen LogP contribution in [0, 0.1) is 0 Å². The summed E-state index contributed by atoms with van der Waals surface area (Å²) in [4.78, 5) is 0. The first-order chi connectivity index (χ1) is 34.7. The van der Waals surface area contributed by atoms with Crippen molar-refractivity contribution in [1.29, 1.82) is 0 Å². The highest BCUT2D eigenvalue weighted by molar-refractivity contribution is 7.19. The molecule has 0 bridgehead atoms. The van der Waals surface area contributed by atoms with E-state index in [-0.39, 0.29) is 0 Å². The van der Waals surface area contributed by atoms with E-state index in [2.05, 4.69) is 302 Å². The summed E-state index contributed by atoms with van der Waals surface area (Å²) in [6.45, 7) is 0. The minimum atomic E-state index is -2.81. The predicted octanol–water partition coefficient (Wildman–Crippen LogP) is 13.2. The van der Waals surface area contributed by atoms with Crippen molar-refractivity contribution in [3.05, 3.63) is 342 Å². The molecule has 0 fully saturated rings. The van der Waals surface area contributed by atoms with Crippen LogP contribution in [0.2, 0.25) is 0 Å². The highest BCUT2D eigenvalue weighted by Crippen LogP contribution is 2.55. The molecule has 0 saturated carbocycles. The summed E-state index contributed by atoms with van der Waals surface area (Å²) in [6, 6.07) is 112. The smallest absolute Gasteiger partial charge is 0.179 e. The van der Waals surface area contributed by atoms with Crippen LogP contribution >= 0.6 is 0 Å². The lowest BCUT2D eigenvalue weighted by Gasteiger charge is -2.43. The molecule has 0 aliphatic carbocycles. The van der Waals surface area contributed by atoms with Crippen LogP contribution in [-0.4, -0.2) is 12.6 Å². The maximum atomic E-state index is 2.53. The topological polar surface area (TPSA) is 4.93 Å². The number of para-hydroxylation sites is 3. The van der Waals surface area contributed by atoms with Gasteiger partial charge in [-0.15, -0.1) is 0 Å². The van der Waals surface area contributed by atoms with E-state index in [4.69, 9.17) is 0 Å². The van der Waals surface area contributed by atoms with Gasteiger partial charge in [0.1, 0.15) is 0 Å². The van der Waals surface area contributed by atoms with E-state index in [0.29, 0.717) is 0 Å². The van der Waals surface area contributed by atoms with Gasteiger partial charge in [-0.05, 0) is 77.4 Å². The largest absolute Gasteiger partial charge is 0.309 e. The monoisotopic (exact) mass is 907 g/mol. The van der Waals surface area contributed by atoms with Crippen molar-refractivity contribution in [2.45, 2.75) is 10.8 Å². The molecule has 0 spiro atoms. The Morgan fingerprint density at radius 2 is 0.657 bits per heavy atom. The van der Waals surface area contributed by atoms with Crippen LogP contribution in [0.4, 0.5) is 0 Å². The van der Waals surface area contributed by atoms with Crippen molar-refractivity contribution in [3.8, 4) is 5.69 Å². The standard InChI is InChI=1S/C68H49NSi/c1-7-24-50(25-8-1)67(51-26-9-2-10-27-51,52-28-11-3-12-29-52)53-42-44-54(45-43-53)68(62-38-20-22-41-65(62)69-64-40-21-19-36-60(64)61-37-23-39-63(68)66(61)69)55-46-48-59(49-47-55)70(56-30-13-4-14-31-56,57-32-15-5-16-33-57)58-34-17-6-18-35-58/h1-49H. The molecule has 1 aliphatic rings. The van der Waals surface area contributed by atoms with Crippen molar-refractivity contribution < 1.29 is 0 Å². The lowest BCUT2D eigenvalue weighted by molar-refractivity contribution is 0.718. The van der Waals surface area contributed by atoms with Crippen LogP contribution in [0.1, 0.15) is 44.5 Å². The van der Waals surface area contributed by atoms with Crippen molar-refractivity contribution in [2.75, 3.05) is 0 Å². The Balaban J connectivity index is 1.11. The Labute approximate surface area is 411 Å². The van der Waals surface area contributed by atoms with Crippen LogP contribution < -0.4 is 20.7 Å². The van der Waals surface area contributed by atoms with Gasteiger partial charge in [0.05, 0.1) is 27.6 Å². The Bertz CT molecular complexity index is 3410. The van der Waals surface area contributed by atoms with E-state index >= 15 is 0 Å². The maximum Gasteiger partial charge on any atom is 0.179 e. The fourth-order valence-corrected chi connectivity index (χ4v) is 17.3. The molecule has 1 aromatic heterocycles. The summed E-state index contributed by atoms with van der Waals surface area (Å²) in [5.74, 6) is 0. The summed E-state index contributed by atoms with van der Waals surface area (Å²) < 4.78 is 2.53. The van der Waals surface area contributed by atoms with Gasteiger partial charge < -0.3 is 4.57 Å². The van der Waals surface area contributed by atoms with E-state index in [0.717, 1.165) is 0 Å². The van der Waals surface area contributed by atoms with Crippen molar-refractivity contribution >= 4 is 50.6 Å². The van der Waals surface area contributed by atoms with Crippen LogP contribution in [0.25, 0.3) is 27.5 Å². The molecule has 1 unspecified atom stereocenters. The number of hydrogen-bond donors (Lipinski definition) is 0. The second kappa shape index (κ2) is 16.9. The number of fused-ring (bicyclic) bond motifs is 5. The number of aromatic nitrogens is 1. The molecule has 1 aliphatic heterocycles. The normalized spacial score (nSPS) is 14.3. The summed E-state index contributed by atoms with van der Waals surface area (Å²) in [7, 11) is -2.81. The third-order valence-corrected chi connectivity index (χ3v) is 20.2. The van der Waals surface area contributed by atoms with Crippen LogP contribution in [0.3, 0.4) is 0 Å². The van der Waals surface area contributed by atoms with Crippen LogP contribution in [0.5, 0.6) is 0 Å². The zero-order chi connectivity index (χ0) is 46.5. The average Bonchev–Trinajstić information content (AvgIpc) is 3.79. The average molecular weight is 908 g/mol. The van der Waals surface area contributed by atoms with Crippen molar-refractivity contribution in [1.82, 2.24) is 4.57 Å². The van der Waals surface area contributed by atoms with Gasteiger partial charge in [0.25, 0.3) is 0 Å². The van der Waals surface area contributed by atoms with E-state index in [1.807, 2.05) is 0 Å². The first kappa shape index (κ1) is 41.6. The van der Waals surface area contributed by atoms with Crippen molar-refractivity contribution in [2.24, 2.45) is 0 Å². The zero-order valence-electron chi connectivity index (χ0n) is 38.7. The van der Waals surface area contributed by atoms with Gasteiger partial charge in [0, 0.05) is 10.8 Å². The highest BCUT2D eigenvalue weighted by Gasteiger charge is 2.47. The number of rotatable bonds is 10. The maximum absolute atomic E-state index is 2.81. The van der Waals surface area contributed by atoms with Gasteiger partial charge in [-0.3, -0.25) is 0 Å². The molecule has 1 atom stereocenters. The van der Waals surface area contributed by atoms with Gasteiger partial charge >= 0.3 is 0 Å². The molecule has 70 heavy (non-hydrogen) atoms. The fourth-order valence-electron chi connectivity index (χ4n) is 12.6. The number of nitrogens with zero attached hydrogens (tertiary/aromatic N) is 1. The summed E-state index contributed by atoms with van der Waals surface area (Å²) in [5.41, 5.74) is 12.3. The van der Waals surface area contributed by atoms with Gasteiger partial charge in [0.15, 0.2) is 8.07 Å². The molecule has 0 amide bonds. The first-order valence-corrected chi connectivity index (χ1v) is 26.4. The highest BCUT2D eigenvalue weighted by atomic mass is 28.3. The molecule has 0 radical (unpaired) electrons. The van der Waals surface area contributed by atoms with Gasteiger partial charge in [-0.25, -0.2) is 0 Å². The molecular formula is C68H49NSi. The van der Waals surface area contributed by atoms with Crippen LogP contribution in [-0.2, 0) is 10.8 Å². The van der Waals surface area contributed by atoms with Gasteiger partial charge in [-0.2, -0.15) is 0 Å². The number of hydrogen-bond acceptors (Lipinski definition) is 0. The molecule has 11 aromatic carbocycles. The Morgan fingerprint density at radius 3 is 1.17 bits per heavy atom. The van der Waals surface area contributed by atoms with Gasteiger partial charge in [0.2, 0.25) is 0 Å². The third-order valence-electron chi connectivity index (χ3n) is 15.4. The molecule has 12 aromatic rings. The molecule has 0 saturated heterocycles. The van der Waals surface area contributed by atoms with E-state index < -0.39 is 18.9 Å². The molecular weight excluding hydrogens is 859 g/mol. The van der Waals surface area contributed by atoms with E-state index in [1.54, 1.807) is 0 Å². The van der Waals surface area contributed by atoms with E-state index in [9.17, 15) is 0 Å². The SMILES string of the molecule is c1ccc(C(c2ccccc2)(c2ccccc2)c2ccc(C3(c4ccc([Si](c5ccccc5)(c5ccccc5)c5ccccc5)cc4)c4ccccc4-n4c5ccccc5c5cccc3c54)cc2)cc1. The minimum absolute atomic E-state index is 0.575. The quantitative estimate of drug-likeness (QED) is 0.0952. The lowest BCUT2D eigenvalue weighted by Crippen LogP contribution is -2.74. The van der Waals surface area contributed by atoms with Gasteiger partial charge in [-0.1, -0.05) is 285 Å². The molecule has 2 heteroatoms. The summed E-state index contributed by atoms with van der Waals surface area (Å²) in [6.07, 6.45) is 0. The minimum Gasteiger partial charge on any atom is -0.309 e. The summed E-state index contributed by atoms with van der Waals surface area (Å²) in [5, 5.41) is 7.96. The van der Waals surface area contributed by atoms with Crippen LogP contribution in [0.15, 0.2) is 297 Å². The lowest BCUT2D eigenvalue weighted by atomic mass is 9.61. The fraction of sp³-hybridized carbons (Fsp3) is 0.0294. The molecule has 0 N–H and O–H groups in total. The zero-order valence-corrected chi connectivity index (χ0v) is 39.7. The van der Waals surface area contributed by atoms with E-state index in [1.165, 1.54) is 92.7 Å². The third kappa shape index (κ3) is 6.03. The van der Waals surface area contributed by atoms with Crippen molar-refractivity contribution in [3.63, 3.8) is 0 Å². The molecule has 1 nitrogen and oxygen atoms in total. The Morgan fingerprint density at radius 1 is 0.286 bits per heavy atom. The predicted molar refractivity (Wildman–Crippen MR) is 295 cm³/mol. The molecule has 13 rings (SSSR count). The molecule has 330 valence electrons. The Hall–Kier alpha value is -8.56. The number of benzene rings is 11. The second-order valence-corrected chi connectivity index (χ2v) is 22.5. The second-order valence-electron chi connectivity index (χ2n) is 18.7.